The number of ether oxygens (including phenoxy) is 1. The smallest absolute Gasteiger partial charge is 0.319 e. The molecule has 25 heavy (non-hydrogen) atoms. The number of carbonyl (C=O) groups is 1. The maximum absolute atomic E-state index is 12.9. The Kier molecular flexibility index (Phi) is 5.65. The Balaban J connectivity index is 1.56. The zero-order chi connectivity index (χ0) is 17.9. The summed E-state index contributed by atoms with van der Waals surface area (Å²) in [5, 5.41) is 0. The third-order valence-electron chi connectivity index (χ3n) is 5.28. The highest BCUT2D eigenvalue weighted by Crippen LogP contribution is 2.32. The van der Waals surface area contributed by atoms with Gasteiger partial charge in [-0.2, -0.15) is 8.78 Å². The molecule has 9 heteroatoms. The minimum Gasteiger partial charge on any atom is -0.381 e. The van der Waals surface area contributed by atoms with Gasteiger partial charge in [-0.25, -0.2) is 4.98 Å². The lowest BCUT2D eigenvalue weighted by Crippen LogP contribution is -2.56. The van der Waals surface area contributed by atoms with E-state index in [1.807, 2.05) is 9.80 Å². The number of carbonyl (C=O) groups excluding carboxylic acids is 1. The molecule has 0 radical (unpaired) electrons. The number of piperazine rings is 1. The van der Waals surface area contributed by atoms with Gasteiger partial charge in [0.25, 0.3) is 0 Å². The molecule has 1 aromatic heterocycles. The highest BCUT2D eigenvalue weighted by Gasteiger charge is 2.42. The van der Waals surface area contributed by atoms with Crippen molar-refractivity contribution in [3.05, 3.63) is 18.2 Å². The summed E-state index contributed by atoms with van der Waals surface area (Å²) >= 11 is 0. The third-order valence-corrected chi connectivity index (χ3v) is 5.28. The lowest BCUT2D eigenvalue weighted by atomic mass is 9.78. The van der Waals surface area contributed by atoms with Gasteiger partial charge in [0, 0.05) is 58.3 Å². The molecule has 7 nitrogen and oxygen atoms in total. The molecule has 0 saturated carbocycles. The van der Waals surface area contributed by atoms with Crippen LogP contribution in [-0.2, 0) is 16.1 Å². The second-order valence-corrected chi connectivity index (χ2v) is 6.69. The maximum Gasteiger partial charge on any atom is 0.319 e. The Morgan fingerprint density at radius 3 is 2.56 bits per heavy atom. The summed E-state index contributed by atoms with van der Waals surface area (Å²) in [6, 6.07) is 0. The van der Waals surface area contributed by atoms with Gasteiger partial charge in [0.1, 0.15) is 5.82 Å². The van der Waals surface area contributed by atoms with E-state index in [4.69, 9.17) is 10.5 Å². The van der Waals surface area contributed by atoms with Crippen LogP contribution in [0.1, 0.15) is 25.2 Å². The summed E-state index contributed by atoms with van der Waals surface area (Å²) in [5.74, 6) is 0.449. The van der Waals surface area contributed by atoms with Crippen molar-refractivity contribution < 1.29 is 18.3 Å². The Labute approximate surface area is 145 Å². The summed E-state index contributed by atoms with van der Waals surface area (Å²) in [6.07, 6.45) is 4.00. The van der Waals surface area contributed by atoms with Gasteiger partial charge in [0.05, 0.1) is 12.0 Å². The van der Waals surface area contributed by atoms with Crippen molar-refractivity contribution in [3.63, 3.8) is 0 Å². The van der Waals surface area contributed by atoms with Crippen molar-refractivity contribution in [3.8, 4) is 0 Å². The Hall–Kier alpha value is -1.58. The molecular weight excluding hydrogens is 332 g/mol. The molecule has 1 amide bonds. The number of hydrogen-bond donors (Lipinski definition) is 1. The van der Waals surface area contributed by atoms with Crippen molar-refractivity contribution in [2.24, 2.45) is 11.1 Å². The first-order chi connectivity index (χ1) is 12.1. The van der Waals surface area contributed by atoms with Crippen LogP contribution in [0.2, 0.25) is 0 Å². The number of halogens is 2. The molecule has 2 N–H and O–H groups in total. The number of amides is 1. The number of nitrogens with zero attached hydrogens (tertiary/aromatic N) is 4. The number of imidazole rings is 1. The van der Waals surface area contributed by atoms with E-state index in [1.165, 1.54) is 12.4 Å². The molecule has 0 bridgehead atoms. The summed E-state index contributed by atoms with van der Waals surface area (Å²) in [7, 11) is 0. The van der Waals surface area contributed by atoms with Gasteiger partial charge >= 0.3 is 6.55 Å². The lowest BCUT2D eigenvalue weighted by Gasteiger charge is -2.42. The van der Waals surface area contributed by atoms with E-state index in [0.29, 0.717) is 71.1 Å². The van der Waals surface area contributed by atoms with Gasteiger partial charge in [0.2, 0.25) is 5.91 Å². The predicted molar refractivity (Wildman–Crippen MR) is 86.9 cm³/mol. The molecule has 2 fully saturated rings. The molecule has 1 aromatic rings. The van der Waals surface area contributed by atoms with Crippen LogP contribution in [0.15, 0.2) is 12.4 Å². The first-order valence-corrected chi connectivity index (χ1v) is 8.65. The average molecular weight is 357 g/mol. The summed E-state index contributed by atoms with van der Waals surface area (Å²) in [5.41, 5.74) is 5.41. The number of alkyl halides is 2. The molecule has 0 atom stereocenters. The van der Waals surface area contributed by atoms with Crippen molar-refractivity contribution in [2.45, 2.75) is 25.9 Å². The highest BCUT2D eigenvalue weighted by atomic mass is 19.3. The first kappa shape index (κ1) is 18.2. The van der Waals surface area contributed by atoms with Crippen molar-refractivity contribution in [2.75, 3.05) is 45.9 Å². The monoisotopic (exact) mass is 357 g/mol. The minimum atomic E-state index is -2.58. The van der Waals surface area contributed by atoms with E-state index >= 15 is 0 Å². The van der Waals surface area contributed by atoms with Crippen molar-refractivity contribution in [1.82, 2.24) is 19.4 Å². The normalized spacial score (nSPS) is 21.7. The number of nitrogens with two attached hydrogens (primary N) is 1. The Morgan fingerprint density at radius 1 is 1.28 bits per heavy atom. The highest BCUT2D eigenvalue weighted by molar-refractivity contribution is 5.83. The van der Waals surface area contributed by atoms with Gasteiger partial charge in [-0.3, -0.25) is 14.3 Å². The minimum absolute atomic E-state index is 0.104. The quantitative estimate of drug-likeness (QED) is 0.839. The van der Waals surface area contributed by atoms with Crippen LogP contribution in [0.3, 0.4) is 0 Å². The van der Waals surface area contributed by atoms with E-state index < -0.39 is 12.0 Å². The van der Waals surface area contributed by atoms with E-state index in [9.17, 15) is 13.6 Å². The van der Waals surface area contributed by atoms with Crippen LogP contribution in [-0.4, -0.2) is 71.2 Å². The van der Waals surface area contributed by atoms with Crippen LogP contribution in [0, 0.1) is 5.41 Å². The Morgan fingerprint density at radius 2 is 1.96 bits per heavy atom. The zero-order valence-electron chi connectivity index (χ0n) is 14.2. The van der Waals surface area contributed by atoms with Crippen LogP contribution in [0.5, 0.6) is 0 Å². The second kappa shape index (κ2) is 7.76. The maximum atomic E-state index is 12.9. The zero-order valence-corrected chi connectivity index (χ0v) is 14.2. The molecule has 0 aliphatic carbocycles. The van der Waals surface area contributed by atoms with Gasteiger partial charge < -0.3 is 15.4 Å². The summed E-state index contributed by atoms with van der Waals surface area (Å²) in [6.45, 7) is 1.68. The van der Waals surface area contributed by atoms with Crippen LogP contribution in [0.25, 0.3) is 0 Å². The van der Waals surface area contributed by atoms with Crippen molar-refractivity contribution >= 4 is 5.91 Å². The molecule has 2 saturated heterocycles. The lowest BCUT2D eigenvalue weighted by molar-refractivity contribution is -0.149. The van der Waals surface area contributed by atoms with Crippen LogP contribution < -0.4 is 5.73 Å². The molecule has 2 aliphatic heterocycles. The number of rotatable bonds is 5. The molecule has 140 valence electrons. The van der Waals surface area contributed by atoms with E-state index in [0.717, 1.165) is 4.57 Å². The van der Waals surface area contributed by atoms with E-state index in [-0.39, 0.29) is 5.91 Å². The van der Waals surface area contributed by atoms with Gasteiger partial charge in [-0.15, -0.1) is 0 Å². The SMILES string of the molecule is NCC1(C(=O)N2CCN(Cc3nccn3C(F)F)CC2)CCOCC1. The molecule has 3 rings (SSSR count). The second-order valence-electron chi connectivity index (χ2n) is 6.69. The van der Waals surface area contributed by atoms with Crippen LogP contribution in [0.4, 0.5) is 8.78 Å². The fourth-order valence-electron chi connectivity index (χ4n) is 3.56. The summed E-state index contributed by atoms with van der Waals surface area (Å²) < 4.78 is 32.0. The molecule has 0 unspecified atom stereocenters. The Bertz CT molecular complexity index is 581. The van der Waals surface area contributed by atoms with Crippen LogP contribution >= 0.6 is 0 Å². The van der Waals surface area contributed by atoms with Gasteiger partial charge in [-0.05, 0) is 12.8 Å². The number of hydrogen-bond acceptors (Lipinski definition) is 5. The first-order valence-electron chi connectivity index (χ1n) is 8.65. The topological polar surface area (TPSA) is 76.6 Å². The average Bonchev–Trinajstić information content (AvgIpc) is 3.11. The molecule has 0 aromatic carbocycles. The fourth-order valence-corrected chi connectivity index (χ4v) is 3.56. The number of aromatic nitrogens is 2. The largest absolute Gasteiger partial charge is 0.381 e. The standard InChI is InChI=1S/C16H25F2N5O2/c17-15(18)23-4-3-20-13(23)11-21-5-7-22(8-6-21)14(24)16(12-19)1-9-25-10-2-16/h3-4,15H,1-2,5-12,19H2. The third kappa shape index (κ3) is 3.83. The molecule has 2 aliphatic rings. The molecule has 0 spiro atoms. The van der Waals surface area contributed by atoms with Gasteiger partial charge in [0.15, 0.2) is 0 Å². The van der Waals surface area contributed by atoms with E-state index in [2.05, 4.69) is 4.98 Å². The van der Waals surface area contributed by atoms with Gasteiger partial charge in [-0.1, -0.05) is 0 Å². The molecular formula is C16H25F2N5O2. The molecule has 3 heterocycles. The summed E-state index contributed by atoms with van der Waals surface area (Å²) in [4.78, 5) is 20.8. The fraction of sp³-hybridized carbons (Fsp3) is 0.750. The van der Waals surface area contributed by atoms with E-state index in [1.54, 1.807) is 0 Å². The van der Waals surface area contributed by atoms with Crippen molar-refractivity contribution in [1.29, 1.82) is 0 Å². The predicted octanol–water partition coefficient (Wildman–Crippen LogP) is 0.678.